The average molecular weight is 327 g/mol. The van der Waals surface area contributed by atoms with Crippen LogP contribution in [0.3, 0.4) is 0 Å². The summed E-state index contributed by atoms with van der Waals surface area (Å²) >= 11 is 9.61. The van der Waals surface area contributed by atoms with Crippen LogP contribution >= 0.6 is 27.5 Å². The largest absolute Gasteiger partial charge is 0.352 e. The Hall–Kier alpha value is -1.26. The van der Waals surface area contributed by atoms with E-state index >= 15 is 0 Å². The van der Waals surface area contributed by atoms with E-state index in [9.17, 15) is 0 Å². The van der Waals surface area contributed by atoms with Gasteiger partial charge >= 0.3 is 0 Å². The summed E-state index contributed by atoms with van der Waals surface area (Å²) in [6.07, 6.45) is 3.75. The van der Waals surface area contributed by atoms with Crippen molar-refractivity contribution in [3.05, 3.63) is 52.2 Å². The predicted octanol–water partition coefficient (Wildman–Crippen LogP) is 4.19. The number of nitrogens with zero attached hydrogens (tertiary/aromatic N) is 2. The molecule has 3 nitrogen and oxygen atoms in total. The molecule has 1 aromatic carbocycles. The number of hydrogen-bond donors (Lipinski definition) is 1. The Balaban J connectivity index is 2.49. The van der Waals surface area contributed by atoms with Crippen LogP contribution < -0.4 is 5.32 Å². The van der Waals surface area contributed by atoms with E-state index in [1.54, 1.807) is 6.08 Å². The standard InChI is InChI=1S/C13H13BrClN3/c1-3-7-16-13-17-9(2)8-18(13)11-6-4-5-10(15)12(11)14/h3-6,8H,1,7H2,2H3,(H,16,17). The van der Waals surface area contributed by atoms with Gasteiger partial charge in [-0.1, -0.05) is 23.7 Å². The summed E-state index contributed by atoms with van der Waals surface area (Å²) in [6.45, 7) is 6.30. The second-order valence-electron chi connectivity index (χ2n) is 3.82. The zero-order chi connectivity index (χ0) is 13.1. The van der Waals surface area contributed by atoms with Gasteiger partial charge in [-0.05, 0) is 35.0 Å². The van der Waals surface area contributed by atoms with E-state index in [-0.39, 0.29) is 0 Å². The van der Waals surface area contributed by atoms with E-state index in [2.05, 4.69) is 32.8 Å². The Morgan fingerprint density at radius 1 is 1.56 bits per heavy atom. The van der Waals surface area contributed by atoms with E-state index in [4.69, 9.17) is 11.6 Å². The molecule has 5 heteroatoms. The number of rotatable bonds is 4. The first kappa shape index (κ1) is 13.2. The van der Waals surface area contributed by atoms with Crippen LogP contribution in [-0.2, 0) is 0 Å². The van der Waals surface area contributed by atoms with Gasteiger partial charge in [0.1, 0.15) is 0 Å². The van der Waals surface area contributed by atoms with Gasteiger partial charge in [0.25, 0.3) is 0 Å². The second kappa shape index (κ2) is 5.59. The Kier molecular flexibility index (Phi) is 4.09. The van der Waals surface area contributed by atoms with Gasteiger partial charge in [-0.3, -0.25) is 4.57 Å². The number of imidazole rings is 1. The van der Waals surface area contributed by atoms with Crippen molar-refractivity contribution in [2.75, 3.05) is 11.9 Å². The second-order valence-corrected chi connectivity index (χ2v) is 5.02. The molecule has 2 rings (SSSR count). The minimum absolute atomic E-state index is 0.661. The molecule has 0 unspecified atom stereocenters. The zero-order valence-electron chi connectivity index (χ0n) is 9.95. The summed E-state index contributed by atoms with van der Waals surface area (Å²) < 4.78 is 2.82. The molecule has 1 aromatic heterocycles. The van der Waals surface area contributed by atoms with Crippen molar-refractivity contribution < 1.29 is 0 Å². The highest BCUT2D eigenvalue weighted by atomic mass is 79.9. The summed E-state index contributed by atoms with van der Waals surface area (Å²) in [5, 5.41) is 3.87. The highest BCUT2D eigenvalue weighted by Crippen LogP contribution is 2.30. The van der Waals surface area contributed by atoms with Crippen LogP contribution in [0.1, 0.15) is 5.69 Å². The number of benzene rings is 1. The SMILES string of the molecule is C=CCNc1nc(C)cn1-c1cccc(Cl)c1Br. The third-order valence-electron chi connectivity index (χ3n) is 2.42. The Morgan fingerprint density at radius 3 is 3.06 bits per heavy atom. The number of halogens is 2. The van der Waals surface area contributed by atoms with Crippen LogP contribution in [0.15, 0.2) is 41.5 Å². The lowest BCUT2D eigenvalue weighted by Gasteiger charge is -2.11. The smallest absolute Gasteiger partial charge is 0.208 e. The maximum atomic E-state index is 6.11. The van der Waals surface area contributed by atoms with E-state index in [0.717, 1.165) is 21.8 Å². The highest BCUT2D eigenvalue weighted by molar-refractivity contribution is 9.10. The van der Waals surface area contributed by atoms with Crippen molar-refractivity contribution in [2.24, 2.45) is 0 Å². The monoisotopic (exact) mass is 325 g/mol. The minimum Gasteiger partial charge on any atom is -0.352 e. The maximum absolute atomic E-state index is 6.11. The van der Waals surface area contributed by atoms with Gasteiger partial charge in [-0.15, -0.1) is 6.58 Å². The van der Waals surface area contributed by atoms with Gasteiger partial charge in [-0.2, -0.15) is 0 Å². The lowest BCUT2D eigenvalue weighted by atomic mass is 10.3. The predicted molar refractivity (Wildman–Crippen MR) is 79.7 cm³/mol. The van der Waals surface area contributed by atoms with E-state index in [1.807, 2.05) is 35.9 Å². The molecule has 0 amide bonds. The molecule has 94 valence electrons. The fraction of sp³-hybridized carbons (Fsp3) is 0.154. The van der Waals surface area contributed by atoms with Crippen molar-refractivity contribution in [3.8, 4) is 5.69 Å². The van der Waals surface area contributed by atoms with Crippen molar-refractivity contribution >= 4 is 33.5 Å². The van der Waals surface area contributed by atoms with E-state index in [0.29, 0.717) is 11.6 Å². The normalized spacial score (nSPS) is 10.4. The summed E-state index contributed by atoms with van der Waals surface area (Å²) in [5.41, 5.74) is 1.89. The summed E-state index contributed by atoms with van der Waals surface area (Å²) in [4.78, 5) is 4.44. The van der Waals surface area contributed by atoms with E-state index < -0.39 is 0 Å². The number of hydrogen-bond acceptors (Lipinski definition) is 2. The molecule has 18 heavy (non-hydrogen) atoms. The molecule has 0 aliphatic carbocycles. The molecule has 0 radical (unpaired) electrons. The van der Waals surface area contributed by atoms with Crippen molar-refractivity contribution in [1.29, 1.82) is 0 Å². The number of nitrogens with one attached hydrogen (secondary N) is 1. The summed E-state index contributed by atoms with van der Waals surface area (Å²) in [5.74, 6) is 0.773. The molecule has 1 heterocycles. The molecule has 0 saturated heterocycles. The third kappa shape index (κ3) is 2.60. The Morgan fingerprint density at radius 2 is 2.33 bits per heavy atom. The molecule has 2 aromatic rings. The van der Waals surface area contributed by atoms with Crippen molar-refractivity contribution in [2.45, 2.75) is 6.92 Å². The van der Waals surface area contributed by atoms with Gasteiger partial charge in [0, 0.05) is 12.7 Å². The van der Waals surface area contributed by atoms with E-state index in [1.165, 1.54) is 0 Å². The lowest BCUT2D eigenvalue weighted by molar-refractivity contribution is 1.03. The molecule has 0 fully saturated rings. The van der Waals surface area contributed by atoms with Gasteiger partial charge in [0.2, 0.25) is 5.95 Å². The highest BCUT2D eigenvalue weighted by Gasteiger charge is 2.11. The molecule has 0 saturated carbocycles. The maximum Gasteiger partial charge on any atom is 0.208 e. The first-order chi connectivity index (χ1) is 8.63. The average Bonchev–Trinajstić information content (AvgIpc) is 2.71. The molecule has 0 aliphatic heterocycles. The Labute approximate surface area is 120 Å². The summed E-state index contributed by atoms with van der Waals surface area (Å²) in [7, 11) is 0. The zero-order valence-corrected chi connectivity index (χ0v) is 12.3. The van der Waals surface area contributed by atoms with Gasteiger partial charge in [0.05, 0.1) is 20.9 Å². The molecule has 0 atom stereocenters. The van der Waals surface area contributed by atoms with Crippen LogP contribution in [0, 0.1) is 6.92 Å². The molecule has 1 N–H and O–H groups in total. The fourth-order valence-electron chi connectivity index (χ4n) is 1.65. The molecule has 0 bridgehead atoms. The minimum atomic E-state index is 0.661. The molecular weight excluding hydrogens is 314 g/mol. The van der Waals surface area contributed by atoms with Crippen LogP contribution in [0.4, 0.5) is 5.95 Å². The quantitative estimate of drug-likeness (QED) is 0.854. The fourth-order valence-corrected chi connectivity index (χ4v) is 2.27. The summed E-state index contributed by atoms with van der Waals surface area (Å²) in [6, 6.07) is 5.74. The van der Waals surface area contributed by atoms with Crippen molar-refractivity contribution in [1.82, 2.24) is 9.55 Å². The third-order valence-corrected chi connectivity index (χ3v) is 3.80. The van der Waals surface area contributed by atoms with Gasteiger partial charge < -0.3 is 5.32 Å². The van der Waals surface area contributed by atoms with Crippen LogP contribution in [0.5, 0.6) is 0 Å². The van der Waals surface area contributed by atoms with Crippen LogP contribution in [0.2, 0.25) is 5.02 Å². The number of anilines is 1. The van der Waals surface area contributed by atoms with Gasteiger partial charge in [0.15, 0.2) is 0 Å². The first-order valence-electron chi connectivity index (χ1n) is 5.48. The van der Waals surface area contributed by atoms with Gasteiger partial charge in [-0.25, -0.2) is 4.98 Å². The first-order valence-corrected chi connectivity index (χ1v) is 6.65. The topological polar surface area (TPSA) is 29.9 Å². The molecule has 0 spiro atoms. The number of aromatic nitrogens is 2. The molecular formula is C13H13BrClN3. The van der Waals surface area contributed by atoms with Crippen LogP contribution in [0.25, 0.3) is 5.69 Å². The Bertz CT molecular complexity index is 578. The van der Waals surface area contributed by atoms with Crippen molar-refractivity contribution in [3.63, 3.8) is 0 Å². The lowest BCUT2D eigenvalue weighted by Crippen LogP contribution is -2.06. The van der Waals surface area contributed by atoms with Crippen LogP contribution in [-0.4, -0.2) is 16.1 Å². The number of aryl methyl sites for hydroxylation is 1. The molecule has 0 aliphatic rings.